The zero-order valence-corrected chi connectivity index (χ0v) is 11.2. The Bertz CT molecular complexity index is 444. The van der Waals surface area contributed by atoms with E-state index in [9.17, 15) is 0 Å². The van der Waals surface area contributed by atoms with Crippen LogP contribution in [-0.4, -0.2) is 25.1 Å². The average molecular weight is 243 g/mol. The number of hydrogen-bond donors (Lipinski definition) is 1. The number of hydrogen-bond acceptors (Lipinski definition) is 3. The van der Waals surface area contributed by atoms with Crippen molar-refractivity contribution in [2.45, 2.75) is 26.3 Å². The summed E-state index contributed by atoms with van der Waals surface area (Å²) in [5.74, 6) is 4.56. The summed E-state index contributed by atoms with van der Waals surface area (Å²) < 4.78 is 0. The Kier molecular flexibility index (Phi) is 4.22. The van der Waals surface area contributed by atoms with E-state index in [1.165, 1.54) is 18.4 Å². The van der Waals surface area contributed by atoms with Crippen LogP contribution in [0.1, 0.15) is 24.1 Å². The normalized spacial score (nSPS) is 14.3. The number of nitrogens with one attached hydrogen (secondary N) is 1. The van der Waals surface area contributed by atoms with Gasteiger partial charge in [0.05, 0.1) is 6.54 Å². The maximum absolute atomic E-state index is 5.45. The predicted octanol–water partition coefficient (Wildman–Crippen LogP) is 1.96. The van der Waals surface area contributed by atoms with Crippen molar-refractivity contribution in [3.05, 3.63) is 23.4 Å². The average Bonchev–Trinajstić information content (AvgIpc) is 3.15. The van der Waals surface area contributed by atoms with E-state index in [0.717, 1.165) is 30.5 Å². The molecule has 1 heterocycles. The lowest BCUT2D eigenvalue weighted by Gasteiger charge is -2.22. The topological polar surface area (TPSA) is 28.2 Å². The number of terminal acetylenes is 1. The largest absolute Gasteiger partial charge is 0.345 e. The van der Waals surface area contributed by atoms with Crippen molar-refractivity contribution in [2.24, 2.45) is 5.92 Å². The molecule has 0 amide bonds. The van der Waals surface area contributed by atoms with E-state index in [1.54, 1.807) is 0 Å². The van der Waals surface area contributed by atoms with Crippen molar-refractivity contribution in [3.8, 4) is 12.3 Å². The van der Waals surface area contributed by atoms with Crippen molar-refractivity contribution in [1.82, 2.24) is 10.3 Å². The lowest BCUT2D eigenvalue weighted by molar-refractivity contribution is 0.749. The quantitative estimate of drug-likeness (QED) is 0.774. The van der Waals surface area contributed by atoms with Gasteiger partial charge in [0.15, 0.2) is 0 Å². The molecule has 1 aromatic heterocycles. The molecule has 1 aliphatic carbocycles. The third-order valence-corrected chi connectivity index (χ3v) is 3.33. The summed E-state index contributed by atoms with van der Waals surface area (Å²) in [4.78, 5) is 6.90. The summed E-state index contributed by atoms with van der Waals surface area (Å²) in [6, 6.07) is 4.23. The number of rotatable bonds is 6. The molecular formula is C15H21N3. The number of aromatic nitrogens is 1. The minimum Gasteiger partial charge on any atom is -0.345 e. The summed E-state index contributed by atoms with van der Waals surface area (Å²) in [5, 5.41) is 3.15. The van der Waals surface area contributed by atoms with E-state index in [4.69, 9.17) is 6.42 Å². The molecule has 1 aromatic rings. The van der Waals surface area contributed by atoms with E-state index in [2.05, 4.69) is 40.2 Å². The van der Waals surface area contributed by atoms with E-state index < -0.39 is 0 Å². The molecule has 0 radical (unpaired) electrons. The van der Waals surface area contributed by atoms with Gasteiger partial charge in [0.25, 0.3) is 0 Å². The van der Waals surface area contributed by atoms with Crippen molar-refractivity contribution < 1.29 is 0 Å². The van der Waals surface area contributed by atoms with Crippen molar-refractivity contribution in [2.75, 3.05) is 25.0 Å². The van der Waals surface area contributed by atoms with Gasteiger partial charge in [-0.2, -0.15) is 0 Å². The fourth-order valence-electron chi connectivity index (χ4n) is 2.09. The summed E-state index contributed by atoms with van der Waals surface area (Å²) in [5.41, 5.74) is 2.33. The van der Waals surface area contributed by atoms with E-state index in [1.807, 2.05) is 7.05 Å². The van der Waals surface area contributed by atoms with Crippen LogP contribution in [0.5, 0.6) is 0 Å². The third-order valence-electron chi connectivity index (χ3n) is 3.33. The molecule has 2 rings (SSSR count). The van der Waals surface area contributed by atoms with Crippen LogP contribution >= 0.6 is 0 Å². The maximum Gasteiger partial charge on any atom is 0.129 e. The van der Waals surface area contributed by atoms with Gasteiger partial charge in [-0.3, -0.25) is 0 Å². The van der Waals surface area contributed by atoms with Crippen LogP contribution in [0.25, 0.3) is 0 Å². The minimum atomic E-state index is 0.647. The van der Waals surface area contributed by atoms with Crippen molar-refractivity contribution in [3.63, 3.8) is 0 Å². The lowest BCUT2D eigenvalue weighted by atomic mass is 10.2. The Morgan fingerprint density at radius 3 is 2.83 bits per heavy atom. The highest BCUT2D eigenvalue weighted by atomic mass is 15.2. The molecule has 0 unspecified atom stereocenters. The molecule has 1 N–H and O–H groups in total. The Hall–Kier alpha value is -1.53. The first-order chi connectivity index (χ1) is 8.74. The fourth-order valence-corrected chi connectivity index (χ4v) is 2.09. The zero-order chi connectivity index (χ0) is 13.0. The molecule has 3 heteroatoms. The second-order valence-corrected chi connectivity index (χ2v) is 4.97. The molecule has 0 bridgehead atoms. The van der Waals surface area contributed by atoms with Gasteiger partial charge in [-0.1, -0.05) is 12.0 Å². The molecule has 0 atom stereocenters. The van der Waals surface area contributed by atoms with E-state index >= 15 is 0 Å². The number of anilines is 1. The van der Waals surface area contributed by atoms with Gasteiger partial charge in [-0.15, -0.1) is 6.42 Å². The molecule has 1 aliphatic rings. The van der Waals surface area contributed by atoms with Gasteiger partial charge < -0.3 is 10.2 Å². The Balaban J connectivity index is 2.13. The van der Waals surface area contributed by atoms with Crippen LogP contribution in [0.2, 0.25) is 0 Å². The molecule has 3 nitrogen and oxygen atoms in total. The smallest absolute Gasteiger partial charge is 0.129 e. The maximum atomic E-state index is 5.45. The first-order valence-corrected chi connectivity index (χ1v) is 6.54. The summed E-state index contributed by atoms with van der Waals surface area (Å²) in [6.07, 6.45) is 8.11. The first kappa shape index (κ1) is 12.9. The van der Waals surface area contributed by atoms with Crippen LogP contribution in [0.15, 0.2) is 12.1 Å². The number of nitrogens with zero attached hydrogens (tertiary/aromatic N) is 2. The first-order valence-electron chi connectivity index (χ1n) is 6.54. The number of pyridine rings is 1. The van der Waals surface area contributed by atoms with Gasteiger partial charge in [-0.05, 0) is 44.4 Å². The predicted molar refractivity (Wildman–Crippen MR) is 75.5 cm³/mol. The molecule has 0 aliphatic heterocycles. The summed E-state index contributed by atoms with van der Waals surface area (Å²) >= 11 is 0. The molecule has 96 valence electrons. The Morgan fingerprint density at radius 2 is 2.28 bits per heavy atom. The minimum absolute atomic E-state index is 0.647. The van der Waals surface area contributed by atoms with Crippen LogP contribution in [0.3, 0.4) is 0 Å². The fraction of sp³-hybridized carbons (Fsp3) is 0.533. The Labute approximate surface area is 110 Å². The highest BCUT2D eigenvalue weighted by Crippen LogP contribution is 2.31. The lowest BCUT2D eigenvalue weighted by Crippen LogP contribution is -2.27. The molecule has 0 aromatic carbocycles. The Morgan fingerprint density at radius 1 is 1.50 bits per heavy atom. The second-order valence-electron chi connectivity index (χ2n) is 4.97. The molecule has 0 saturated heterocycles. The summed E-state index contributed by atoms with van der Waals surface area (Å²) in [7, 11) is 1.95. The van der Waals surface area contributed by atoms with Crippen LogP contribution in [0, 0.1) is 25.2 Å². The molecule has 18 heavy (non-hydrogen) atoms. The van der Waals surface area contributed by atoms with Crippen LogP contribution in [-0.2, 0) is 6.54 Å². The molecule has 1 saturated carbocycles. The van der Waals surface area contributed by atoms with Crippen molar-refractivity contribution >= 4 is 5.82 Å². The standard InChI is InChI=1S/C15H21N3/c1-4-9-18(11-13-5-6-13)15-8-7-14(10-16-3)12(2)17-15/h1,7-8,13,16H,5-6,9-11H2,2-3H3. The van der Waals surface area contributed by atoms with E-state index in [0.29, 0.717) is 6.54 Å². The molecular weight excluding hydrogens is 222 g/mol. The SMILES string of the molecule is C#CCN(CC1CC1)c1ccc(CNC)c(C)n1. The molecule has 0 spiro atoms. The highest BCUT2D eigenvalue weighted by molar-refractivity contribution is 5.43. The highest BCUT2D eigenvalue weighted by Gasteiger charge is 2.24. The second kappa shape index (κ2) is 5.88. The van der Waals surface area contributed by atoms with Crippen LogP contribution in [0.4, 0.5) is 5.82 Å². The van der Waals surface area contributed by atoms with Gasteiger partial charge >= 0.3 is 0 Å². The summed E-state index contributed by atoms with van der Waals surface area (Å²) in [6.45, 7) is 4.61. The molecule has 1 fully saturated rings. The van der Waals surface area contributed by atoms with Gasteiger partial charge in [0.2, 0.25) is 0 Å². The van der Waals surface area contributed by atoms with Crippen molar-refractivity contribution in [1.29, 1.82) is 0 Å². The zero-order valence-electron chi connectivity index (χ0n) is 11.2. The van der Waals surface area contributed by atoms with E-state index in [-0.39, 0.29) is 0 Å². The van der Waals surface area contributed by atoms with Gasteiger partial charge in [0, 0.05) is 18.8 Å². The van der Waals surface area contributed by atoms with Gasteiger partial charge in [0.1, 0.15) is 5.82 Å². The van der Waals surface area contributed by atoms with Gasteiger partial charge in [-0.25, -0.2) is 4.98 Å². The number of aryl methyl sites for hydroxylation is 1. The van der Waals surface area contributed by atoms with Crippen LogP contribution < -0.4 is 10.2 Å². The monoisotopic (exact) mass is 243 g/mol. The third kappa shape index (κ3) is 3.24.